The highest BCUT2D eigenvalue weighted by Gasteiger charge is 2.18. The second kappa shape index (κ2) is 4.96. The third-order valence-electron chi connectivity index (χ3n) is 2.89. The summed E-state index contributed by atoms with van der Waals surface area (Å²) in [5, 5.41) is 3.08. The molecule has 2 aromatic rings. The zero-order chi connectivity index (χ0) is 14.0. The van der Waals surface area contributed by atoms with E-state index >= 15 is 0 Å². The highest BCUT2D eigenvalue weighted by molar-refractivity contribution is 5.53. The molecule has 2 heterocycles. The molecule has 0 amide bonds. The van der Waals surface area contributed by atoms with Crippen LogP contribution in [0.1, 0.15) is 32.0 Å². The summed E-state index contributed by atoms with van der Waals surface area (Å²) in [6, 6.07) is 5.96. The topological polar surface area (TPSA) is 50.7 Å². The molecule has 0 spiro atoms. The van der Waals surface area contributed by atoms with E-state index in [1.165, 1.54) is 0 Å². The number of pyridine rings is 1. The van der Waals surface area contributed by atoms with Crippen LogP contribution in [0.25, 0.3) is 11.5 Å². The van der Waals surface area contributed by atoms with Gasteiger partial charge in [-0.25, -0.2) is 9.97 Å². The molecule has 4 heteroatoms. The Kier molecular flexibility index (Phi) is 3.51. The van der Waals surface area contributed by atoms with Crippen LogP contribution in [-0.2, 0) is 5.41 Å². The summed E-state index contributed by atoms with van der Waals surface area (Å²) in [4.78, 5) is 13.5. The van der Waals surface area contributed by atoms with Crippen LogP contribution >= 0.6 is 0 Å². The number of anilines is 1. The molecule has 0 saturated carbocycles. The molecule has 100 valence electrons. The van der Waals surface area contributed by atoms with E-state index in [-0.39, 0.29) is 5.41 Å². The van der Waals surface area contributed by atoms with Crippen LogP contribution in [0.5, 0.6) is 0 Å². The van der Waals surface area contributed by atoms with Crippen molar-refractivity contribution in [3.8, 4) is 11.5 Å². The summed E-state index contributed by atoms with van der Waals surface area (Å²) in [6.07, 6.45) is 1.83. The zero-order valence-electron chi connectivity index (χ0n) is 12.2. The van der Waals surface area contributed by atoms with Crippen LogP contribution in [0.2, 0.25) is 0 Å². The Morgan fingerprint density at radius 2 is 1.84 bits per heavy atom. The van der Waals surface area contributed by atoms with Gasteiger partial charge in [-0.15, -0.1) is 0 Å². The number of nitrogens with zero attached hydrogens (tertiary/aromatic N) is 3. The molecule has 0 aliphatic rings. The Morgan fingerprint density at radius 1 is 1.11 bits per heavy atom. The molecule has 0 saturated heterocycles. The monoisotopic (exact) mass is 256 g/mol. The lowest BCUT2D eigenvalue weighted by Crippen LogP contribution is -2.15. The Hall–Kier alpha value is -1.97. The predicted octanol–water partition coefficient (Wildman–Crippen LogP) is 3.19. The fourth-order valence-corrected chi connectivity index (χ4v) is 1.67. The van der Waals surface area contributed by atoms with Crippen LogP contribution in [0.4, 0.5) is 5.82 Å². The summed E-state index contributed by atoms with van der Waals surface area (Å²) in [7, 11) is 1.86. The van der Waals surface area contributed by atoms with E-state index in [0.29, 0.717) is 5.82 Å². The molecular formula is C15H20N4. The lowest BCUT2D eigenvalue weighted by atomic mass is 9.92. The summed E-state index contributed by atoms with van der Waals surface area (Å²) >= 11 is 0. The first-order valence-electron chi connectivity index (χ1n) is 6.40. The normalized spacial score (nSPS) is 11.4. The van der Waals surface area contributed by atoms with Crippen LogP contribution in [0.15, 0.2) is 24.4 Å². The second-order valence-corrected chi connectivity index (χ2v) is 5.68. The quantitative estimate of drug-likeness (QED) is 0.896. The number of rotatable bonds is 2. The van der Waals surface area contributed by atoms with Crippen molar-refractivity contribution in [2.45, 2.75) is 33.1 Å². The molecule has 0 radical (unpaired) electrons. The second-order valence-electron chi connectivity index (χ2n) is 5.68. The van der Waals surface area contributed by atoms with Gasteiger partial charge >= 0.3 is 0 Å². The number of nitrogens with one attached hydrogen (secondary N) is 1. The van der Waals surface area contributed by atoms with E-state index in [9.17, 15) is 0 Å². The number of aromatic nitrogens is 3. The molecule has 19 heavy (non-hydrogen) atoms. The standard InChI is InChI=1S/C15H20N4/c1-10-6-7-11(17-9-10)14-18-12(15(2,3)4)8-13(16-5)19-14/h6-9H,1-5H3,(H,16,18,19). The summed E-state index contributed by atoms with van der Waals surface area (Å²) < 4.78 is 0. The Labute approximate surface area is 114 Å². The minimum Gasteiger partial charge on any atom is -0.373 e. The molecule has 0 aliphatic carbocycles. The molecule has 4 nitrogen and oxygen atoms in total. The van der Waals surface area contributed by atoms with Crippen LogP contribution < -0.4 is 5.32 Å². The first-order valence-corrected chi connectivity index (χ1v) is 6.40. The predicted molar refractivity (Wildman–Crippen MR) is 78.2 cm³/mol. The lowest BCUT2D eigenvalue weighted by molar-refractivity contribution is 0.568. The third kappa shape index (κ3) is 3.08. The summed E-state index contributed by atoms with van der Waals surface area (Å²) in [6.45, 7) is 8.44. The van der Waals surface area contributed by atoms with Gasteiger partial charge in [-0.2, -0.15) is 0 Å². The van der Waals surface area contributed by atoms with E-state index in [4.69, 9.17) is 0 Å². The van der Waals surface area contributed by atoms with Crippen molar-refractivity contribution >= 4 is 5.82 Å². The highest BCUT2D eigenvalue weighted by Crippen LogP contribution is 2.24. The van der Waals surface area contributed by atoms with Gasteiger partial charge in [-0.05, 0) is 18.6 Å². The highest BCUT2D eigenvalue weighted by atomic mass is 15.0. The molecule has 0 bridgehead atoms. The molecule has 0 aromatic carbocycles. The van der Waals surface area contributed by atoms with E-state index in [0.717, 1.165) is 22.8 Å². The third-order valence-corrected chi connectivity index (χ3v) is 2.89. The molecular weight excluding hydrogens is 236 g/mol. The van der Waals surface area contributed by atoms with Crippen LogP contribution in [0, 0.1) is 6.92 Å². The van der Waals surface area contributed by atoms with E-state index in [1.54, 1.807) is 0 Å². The maximum atomic E-state index is 4.64. The van der Waals surface area contributed by atoms with Gasteiger partial charge in [0.05, 0.1) is 5.69 Å². The van der Waals surface area contributed by atoms with E-state index < -0.39 is 0 Å². The van der Waals surface area contributed by atoms with Crippen LogP contribution in [-0.4, -0.2) is 22.0 Å². The van der Waals surface area contributed by atoms with Gasteiger partial charge < -0.3 is 5.32 Å². The molecule has 2 aromatic heterocycles. The number of hydrogen-bond donors (Lipinski definition) is 1. The fraction of sp³-hybridized carbons (Fsp3) is 0.400. The smallest absolute Gasteiger partial charge is 0.180 e. The fourth-order valence-electron chi connectivity index (χ4n) is 1.67. The van der Waals surface area contributed by atoms with Gasteiger partial charge in [0.15, 0.2) is 5.82 Å². The maximum absolute atomic E-state index is 4.64. The van der Waals surface area contributed by atoms with Gasteiger partial charge in [0.2, 0.25) is 0 Å². The zero-order valence-corrected chi connectivity index (χ0v) is 12.2. The van der Waals surface area contributed by atoms with Crippen molar-refractivity contribution in [3.63, 3.8) is 0 Å². The minimum absolute atomic E-state index is 0.0199. The summed E-state index contributed by atoms with van der Waals surface area (Å²) in [5.74, 6) is 1.48. The lowest BCUT2D eigenvalue weighted by Gasteiger charge is -2.19. The number of aryl methyl sites for hydroxylation is 1. The molecule has 0 fully saturated rings. The first-order chi connectivity index (χ1) is 8.90. The molecule has 0 atom stereocenters. The Bertz CT molecular complexity index is 568. The minimum atomic E-state index is -0.0199. The van der Waals surface area contributed by atoms with Crippen molar-refractivity contribution in [3.05, 3.63) is 35.7 Å². The van der Waals surface area contributed by atoms with Crippen molar-refractivity contribution in [1.29, 1.82) is 0 Å². The van der Waals surface area contributed by atoms with Gasteiger partial charge in [0.25, 0.3) is 0 Å². The first kappa shape index (κ1) is 13.5. The van der Waals surface area contributed by atoms with Crippen molar-refractivity contribution < 1.29 is 0 Å². The molecule has 0 aliphatic heterocycles. The molecule has 2 rings (SSSR count). The average molecular weight is 256 g/mol. The van der Waals surface area contributed by atoms with E-state index in [2.05, 4.69) is 41.0 Å². The largest absolute Gasteiger partial charge is 0.373 e. The molecule has 1 N–H and O–H groups in total. The van der Waals surface area contributed by atoms with Crippen molar-refractivity contribution in [2.75, 3.05) is 12.4 Å². The van der Waals surface area contributed by atoms with Crippen molar-refractivity contribution in [2.24, 2.45) is 0 Å². The average Bonchev–Trinajstić information content (AvgIpc) is 2.38. The molecule has 0 unspecified atom stereocenters. The van der Waals surface area contributed by atoms with Gasteiger partial charge in [-0.3, -0.25) is 4.98 Å². The SMILES string of the molecule is CNc1cc(C(C)(C)C)nc(-c2ccc(C)cn2)n1. The van der Waals surface area contributed by atoms with Crippen molar-refractivity contribution in [1.82, 2.24) is 15.0 Å². The Morgan fingerprint density at radius 3 is 2.37 bits per heavy atom. The van der Waals surface area contributed by atoms with E-state index in [1.807, 2.05) is 38.4 Å². The van der Waals surface area contributed by atoms with Gasteiger partial charge in [0, 0.05) is 24.7 Å². The summed E-state index contributed by atoms with van der Waals surface area (Å²) in [5.41, 5.74) is 2.91. The van der Waals surface area contributed by atoms with Crippen LogP contribution in [0.3, 0.4) is 0 Å². The maximum Gasteiger partial charge on any atom is 0.180 e. The Balaban J connectivity index is 2.54. The number of hydrogen-bond acceptors (Lipinski definition) is 4. The van der Waals surface area contributed by atoms with Gasteiger partial charge in [-0.1, -0.05) is 26.8 Å². The van der Waals surface area contributed by atoms with Gasteiger partial charge in [0.1, 0.15) is 11.5 Å².